The zero-order chi connectivity index (χ0) is 33.4. The van der Waals surface area contributed by atoms with Crippen molar-refractivity contribution in [2.24, 2.45) is 0 Å². The maximum Gasteiger partial charge on any atom is 0.435 e. The smallest absolute Gasteiger partial charge is 0.435 e. The maximum atomic E-state index is 12.5. The van der Waals surface area contributed by atoms with Crippen LogP contribution in [0.15, 0.2) is 42.7 Å². The largest absolute Gasteiger partial charge is 0.494 e. The van der Waals surface area contributed by atoms with E-state index in [2.05, 4.69) is 33.4 Å². The highest BCUT2D eigenvalue weighted by atomic mass is 35.5. The van der Waals surface area contributed by atoms with E-state index in [0.29, 0.717) is 33.6 Å². The summed E-state index contributed by atoms with van der Waals surface area (Å²) in [5.41, 5.74) is 5.57. The van der Waals surface area contributed by atoms with E-state index in [1.165, 1.54) is 29.1 Å². The fourth-order valence-corrected chi connectivity index (χ4v) is 5.31. The van der Waals surface area contributed by atoms with E-state index in [1.54, 1.807) is 40.1 Å². The number of aromatic nitrogens is 6. The van der Waals surface area contributed by atoms with Gasteiger partial charge in [-0.25, -0.2) is 19.6 Å². The highest BCUT2D eigenvalue weighted by Crippen LogP contribution is 2.37. The van der Waals surface area contributed by atoms with Crippen LogP contribution in [0.1, 0.15) is 59.1 Å². The molecule has 13 heteroatoms. The van der Waals surface area contributed by atoms with Crippen molar-refractivity contribution >= 4 is 45.9 Å². The van der Waals surface area contributed by atoms with Crippen molar-refractivity contribution in [1.29, 1.82) is 0 Å². The van der Waals surface area contributed by atoms with Crippen molar-refractivity contribution in [2.75, 3.05) is 14.2 Å². The van der Waals surface area contributed by atoms with Gasteiger partial charge in [0.05, 0.1) is 26.6 Å². The van der Waals surface area contributed by atoms with Crippen LogP contribution in [-0.4, -0.2) is 67.1 Å². The summed E-state index contributed by atoms with van der Waals surface area (Å²) in [7, 11) is 3.09. The van der Waals surface area contributed by atoms with Crippen LogP contribution in [0.4, 0.5) is 9.59 Å². The molecule has 1 aliphatic rings. The fraction of sp³-hybridized carbons (Fsp3) is 0.394. The van der Waals surface area contributed by atoms with Gasteiger partial charge in [-0.1, -0.05) is 29.8 Å². The highest BCUT2D eigenvalue weighted by Gasteiger charge is 2.24. The predicted octanol–water partition coefficient (Wildman–Crippen LogP) is 7.26. The average molecular weight is 649 g/mol. The Hall–Kier alpha value is -4.71. The SMILES string of the molecule is COc1cc2c(cnn2C(=O)OC(C)(C)C)nc1-c1cccc2c1CCC2.COc1cc2c(cnn2C(=O)OC(C)(C)C)nc1Cl. The van der Waals surface area contributed by atoms with E-state index >= 15 is 0 Å². The van der Waals surface area contributed by atoms with Crippen molar-refractivity contribution in [1.82, 2.24) is 29.5 Å². The van der Waals surface area contributed by atoms with Gasteiger partial charge < -0.3 is 18.9 Å². The summed E-state index contributed by atoms with van der Waals surface area (Å²) in [5, 5.41) is 8.37. The number of carbonyl (C=O) groups excluding carboxylic acids is 2. The fourth-order valence-electron chi connectivity index (χ4n) is 5.09. The zero-order valence-electron chi connectivity index (χ0n) is 27.2. The number of pyridine rings is 2. The second kappa shape index (κ2) is 12.6. The van der Waals surface area contributed by atoms with Gasteiger partial charge in [-0.2, -0.15) is 19.6 Å². The molecule has 4 heterocycles. The van der Waals surface area contributed by atoms with Crippen molar-refractivity contribution in [3.63, 3.8) is 0 Å². The first kappa shape index (κ1) is 32.7. The molecule has 1 aliphatic carbocycles. The van der Waals surface area contributed by atoms with E-state index in [0.717, 1.165) is 35.2 Å². The molecule has 0 bridgehead atoms. The molecule has 5 aromatic rings. The zero-order valence-corrected chi connectivity index (χ0v) is 27.9. The molecule has 12 nitrogen and oxygen atoms in total. The van der Waals surface area contributed by atoms with Crippen LogP contribution in [0.2, 0.25) is 5.15 Å². The van der Waals surface area contributed by atoms with Crippen molar-refractivity contribution in [3.05, 3.63) is 59.0 Å². The van der Waals surface area contributed by atoms with Crippen LogP contribution in [0.25, 0.3) is 33.3 Å². The average Bonchev–Trinajstić information content (AvgIpc) is 3.72. The molecule has 0 saturated heterocycles. The van der Waals surface area contributed by atoms with Gasteiger partial charge in [0.2, 0.25) is 0 Å². The molecule has 0 spiro atoms. The number of hydrogen-bond donors (Lipinski definition) is 0. The number of nitrogens with zero attached hydrogens (tertiary/aromatic N) is 6. The standard InChI is InChI=1S/C21H23N3O3.C12H14ClN3O3/c1-21(2,3)27-20(25)24-17-11-18(26-4)19(23-16(17)12-22-24)15-10-6-8-13-7-5-9-14(13)15;1-12(2,3)19-11(17)16-8-5-9(18-4)10(13)15-7(8)6-14-16/h6,8,10-12H,5,7,9H2,1-4H3;5-6H,1-4H3. The van der Waals surface area contributed by atoms with Crippen LogP contribution >= 0.6 is 11.6 Å². The normalized spacial score (nSPS) is 12.8. The maximum absolute atomic E-state index is 12.5. The minimum atomic E-state index is -0.600. The topological polar surface area (TPSA) is 132 Å². The molecule has 6 rings (SSSR count). The monoisotopic (exact) mass is 648 g/mol. The van der Waals surface area contributed by atoms with E-state index in [-0.39, 0.29) is 5.15 Å². The van der Waals surface area contributed by atoms with E-state index < -0.39 is 23.4 Å². The second-order valence-electron chi connectivity index (χ2n) is 12.7. The molecule has 0 amide bonds. The van der Waals surface area contributed by atoms with Gasteiger partial charge in [-0.3, -0.25) is 0 Å². The molecule has 46 heavy (non-hydrogen) atoms. The van der Waals surface area contributed by atoms with Crippen LogP contribution in [-0.2, 0) is 22.3 Å². The quantitative estimate of drug-likeness (QED) is 0.184. The van der Waals surface area contributed by atoms with Gasteiger partial charge in [0.25, 0.3) is 0 Å². The molecular weight excluding hydrogens is 612 g/mol. The van der Waals surface area contributed by atoms with Gasteiger partial charge in [-0.15, -0.1) is 0 Å². The lowest BCUT2D eigenvalue weighted by atomic mass is 9.99. The molecule has 0 saturated carbocycles. The summed E-state index contributed by atoms with van der Waals surface area (Å²) < 4.78 is 23.7. The van der Waals surface area contributed by atoms with Crippen molar-refractivity contribution < 1.29 is 28.5 Å². The van der Waals surface area contributed by atoms with Crippen LogP contribution < -0.4 is 9.47 Å². The number of hydrogen-bond acceptors (Lipinski definition) is 10. The Morgan fingerprint density at radius 3 is 1.87 bits per heavy atom. The molecule has 242 valence electrons. The summed E-state index contributed by atoms with van der Waals surface area (Å²) in [6, 6.07) is 9.73. The minimum Gasteiger partial charge on any atom is -0.494 e. The summed E-state index contributed by atoms with van der Waals surface area (Å²) >= 11 is 5.91. The Balaban J connectivity index is 0.000000193. The molecule has 0 unspecified atom stereocenters. The third-order valence-electron chi connectivity index (χ3n) is 6.97. The number of carbonyl (C=O) groups is 2. The first-order chi connectivity index (χ1) is 21.7. The summed E-state index contributed by atoms with van der Waals surface area (Å²) in [6.45, 7) is 10.8. The number of aryl methyl sites for hydroxylation is 1. The Morgan fingerprint density at radius 1 is 0.783 bits per heavy atom. The molecule has 0 atom stereocenters. The number of ether oxygens (including phenoxy) is 4. The second-order valence-corrected chi connectivity index (χ2v) is 13.1. The molecule has 0 aliphatic heterocycles. The Kier molecular flexibility index (Phi) is 8.94. The summed E-state index contributed by atoms with van der Waals surface area (Å²) in [5.74, 6) is 0.993. The van der Waals surface area contributed by atoms with Gasteiger partial charge in [0.15, 0.2) is 10.9 Å². The van der Waals surface area contributed by atoms with Gasteiger partial charge in [0, 0.05) is 17.7 Å². The first-order valence-electron chi connectivity index (χ1n) is 14.8. The molecule has 4 aromatic heterocycles. The van der Waals surface area contributed by atoms with Gasteiger partial charge >= 0.3 is 12.2 Å². The lowest BCUT2D eigenvalue weighted by molar-refractivity contribution is 0.0511. The van der Waals surface area contributed by atoms with Crippen LogP contribution in [0.5, 0.6) is 11.5 Å². The van der Waals surface area contributed by atoms with Crippen molar-refractivity contribution in [3.8, 4) is 22.8 Å². The third kappa shape index (κ3) is 6.91. The summed E-state index contributed by atoms with van der Waals surface area (Å²) in [6.07, 6.45) is 5.24. The Bertz CT molecular complexity index is 1940. The molecule has 0 fully saturated rings. The number of halogens is 1. The minimum absolute atomic E-state index is 0.221. The van der Waals surface area contributed by atoms with Crippen LogP contribution in [0, 0.1) is 0 Å². The summed E-state index contributed by atoms with van der Waals surface area (Å²) in [4.78, 5) is 33.3. The first-order valence-corrected chi connectivity index (χ1v) is 15.2. The highest BCUT2D eigenvalue weighted by molar-refractivity contribution is 6.31. The molecular formula is C33H37ClN6O6. The number of methoxy groups -OCH3 is 2. The molecule has 0 N–H and O–H groups in total. The number of rotatable bonds is 3. The predicted molar refractivity (Wildman–Crippen MR) is 174 cm³/mol. The lowest BCUT2D eigenvalue weighted by Gasteiger charge is -2.19. The molecule has 1 aromatic carbocycles. The van der Waals surface area contributed by atoms with Gasteiger partial charge in [0.1, 0.15) is 44.7 Å². The number of fused-ring (bicyclic) bond motifs is 3. The Labute approximate surface area is 271 Å². The van der Waals surface area contributed by atoms with Crippen LogP contribution in [0.3, 0.4) is 0 Å². The third-order valence-corrected chi connectivity index (χ3v) is 7.24. The van der Waals surface area contributed by atoms with E-state index in [4.69, 9.17) is 35.5 Å². The van der Waals surface area contributed by atoms with E-state index in [1.807, 2.05) is 26.8 Å². The number of benzene rings is 1. The van der Waals surface area contributed by atoms with Gasteiger partial charge in [-0.05, 0) is 71.9 Å². The van der Waals surface area contributed by atoms with Crippen molar-refractivity contribution in [2.45, 2.75) is 72.0 Å². The van der Waals surface area contributed by atoms with E-state index in [9.17, 15) is 9.59 Å². The molecule has 0 radical (unpaired) electrons. The lowest BCUT2D eigenvalue weighted by Crippen LogP contribution is -2.27. The Morgan fingerprint density at radius 2 is 1.33 bits per heavy atom.